The maximum Gasteiger partial charge on any atom is 0.269 e. The maximum atomic E-state index is 13.7. The van der Waals surface area contributed by atoms with Crippen molar-refractivity contribution in [1.29, 1.82) is 0 Å². The Bertz CT molecular complexity index is 1560. The Morgan fingerprint density at radius 3 is 2.51 bits per heavy atom. The fourth-order valence-corrected chi connectivity index (χ4v) is 5.02. The van der Waals surface area contributed by atoms with Crippen molar-refractivity contribution in [2.45, 2.75) is 13.0 Å². The summed E-state index contributed by atoms with van der Waals surface area (Å²) in [6.45, 7) is 0.783. The maximum absolute atomic E-state index is 13.7. The van der Waals surface area contributed by atoms with Crippen LogP contribution in [0.15, 0.2) is 103 Å². The van der Waals surface area contributed by atoms with Crippen LogP contribution in [0.4, 0.5) is 5.69 Å². The van der Waals surface area contributed by atoms with Gasteiger partial charge >= 0.3 is 0 Å². The summed E-state index contributed by atoms with van der Waals surface area (Å²) in [5.74, 6) is 0.509. The molecule has 0 saturated heterocycles. The molecular weight excluding hydrogens is 512 g/mol. The molecule has 0 fully saturated rings. The molecule has 9 heteroatoms. The minimum absolute atomic E-state index is 0.0545. The van der Waals surface area contributed by atoms with Gasteiger partial charge in [0.05, 0.1) is 23.4 Å². The first kappa shape index (κ1) is 25.9. The van der Waals surface area contributed by atoms with Crippen LogP contribution < -0.4 is 4.74 Å². The average molecular weight is 539 g/mol. The molecule has 0 spiro atoms. The van der Waals surface area contributed by atoms with Gasteiger partial charge in [0.1, 0.15) is 5.75 Å². The lowest BCUT2D eigenvalue weighted by atomic mass is 10.1. The minimum atomic E-state index is -0.471. The number of benzene rings is 3. The first-order chi connectivity index (χ1) is 19.0. The Balaban J connectivity index is 1.53. The number of methoxy groups -OCH3 is 1. The highest BCUT2D eigenvalue weighted by atomic mass is 32.1. The highest BCUT2D eigenvalue weighted by Gasteiger charge is 2.22. The number of nitrogens with zero attached hydrogens (tertiary/aromatic N) is 4. The molecule has 8 nitrogen and oxygen atoms in total. The first-order valence-corrected chi connectivity index (χ1v) is 13.2. The summed E-state index contributed by atoms with van der Waals surface area (Å²) in [7, 11) is 1.62. The lowest BCUT2D eigenvalue weighted by molar-refractivity contribution is -0.384. The number of hydrogen-bond donors (Lipinski definition) is 0. The van der Waals surface area contributed by atoms with E-state index in [2.05, 4.69) is 0 Å². The molecule has 0 atom stereocenters. The third kappa shape index (κ3) is 6.05. The van der Waals surface area contributed by atoms with Gasteiger partial charge in [-0.3, -0.25) is 14.9 Å². The number of non-ortho nitro benzene ring substituents is 1. The molecule has 0 saturated carbocycles. The molecule has 5 aromatic rings. The van der Waals surface area contributed by atoms with E-state index in [1.165, 1.54) is 29.1 Å². The number of amides is 1. The standard InChI is InChI=1S/C30H26N4O4S/c1-38-27-10-5-7-23(19-27)29-24(21-33(31-29)25-8-3-2-4-9-25)20-32(17-16-28-11-6-18-39-28)30(35)22-12-14-26(15-13-22)34(36)37/h2-15,18-19,21H,16-17,20H2,1H3. The number of rotatable bonds is 10. The fraction of sp³-hybridized carbons (Fsp3) is 0.133. The van der Waals surface area contributed by atoms with Gasteiger partial charge in [0, 0.05) is 53.0 Å². The normalized spacial score (nSPS) is 10.8. The van der Waals surface area contributed by atoms with Crippen LogP contribution in [-0.2, 0) is 13.0 Å². The SMILES string of the molecule is COc1cccc(-c2nn(-c3ccccc3)cc2CN(CCc2cccs2)C(=O)c2ccc([N+](=O)[O-])cc2)c1. The van der Waals surface area contributed by atoms with Crippen LogP contribution in [0.5, 0.6) is 5.75 Å². The second-order valence-corrected chi connectivity index (χ2v) is 9.91. The summed E-state index contributed by atoms with van der Waals surface area (Å²) in [6.07, 6.45) is 2.64. The topological polar surface area (TPSA) is 90.5 Å². The smallest absolute Gasteiger partial charge is 0.269 e. The molecule has 2 heterocycles. The highest BCUT2D eigenvalue weighted by Crippen LogP contribution is 2.28. The Kier molecular flexibility index (Phi) is 7.79. The third-order valence-corrected chi connectivity index (χ3v) is 7.27. The zero-order chi connectivity index (χ0) is 27.2. The summed E-state index contributed by atoms with van der Waals surface area (Å²) >= 11 is 1.65. The first-order valence-electron chi connectivity index (χ1n) is 12.4. The van der Waals surface area contributed by atoms with E-state index in [9.17, 15) is 14.9 Å². The molecule has 1 amide bonds. The molecule has 0 aliphatic heterocycles. The summed E-state index contributed by atoms with van der Waals surface area (Å²) in [4.78, 5) is 27.3. The van der Waals surface area contributed by atoms with Gasteiger partial charge < -0.3 is 9.64 Å². The number of carbonyl (C=O) groups excluding carboxylic acids is 1. The largest absolute Gasteiger partial charge is 0.497 e. The van der Waals surface area contributed by atoms with Crippen LogP contribution in [0.1, 0.15) is 20.8 Å². The predicted molar refractivity (Wildman–Crippen MR) is 151 cm³/mol. The summed E-state index contributed by atoms with van der Waals surface area (Å²) < 4.78 is 7.26. The van der Waals surface area contributed by atoms with Crippen LogP contribution in [0.3, 0.4) is 0 Å². The molecule has 196 valence electrons. The van der Waals surface area contributed by atoms with Gasteiger partial charge in [0.2, 0.25) is 0 Å². The van der Waals surface area contributed by atoms with E-state index < -0.39 is 4.92 Å². The quantitative estimate of drug-likeness (QED) is 0.152. The molecule has 0 aliphatic carbocycles. The number of hydrogen-bond acceptors (Lipinski definition) is 6. The number of aromatic nitrogens is 2. The van der Waals surface area contributed by atoms with E-state index in [1.807, 2.05) is 83.0 Å². The van der Waals surface area contributed by atoms with Gasteiger partial charge in [-0.15, -0.1) is 11.3 Å². The van der Waals surface area contributed by atoms with Gasteiger partial charge in [0.15, 0.2) is 0 Å². The van der Waals surface area contributed by atoms with Gasteiger partial charge in [-0.05, 0) is 54.3 Å². The molecule has 3 aromatic carbocycles. The number of para-hydroxylation sites is 1. The van der Waals surface area contributed by atoms with E-state index in [1.54, 1.807) is 23.3 Å². The molecule has 5 rings (SSSR count). The van der Waals surface area contributed by atoms with E-state index >= 15 is 0 Å². The van der Waals surface area contributed by atoms with Crippen LogP contribution >= 0.6 is 11.3 Å². The molecule has 0 bridgehead atoms. The molecule has 0 N–H and O–H groups in total. The molecular formula is C30H26N4O4S. The molecule has 2 aromatic heterocycles. The molecule has 0 unspecified atom stereocenters. The summed E-state index contributed by atoms with van der Waals surface area (Å²) in [5.41, 5.74) is 3.73. The monoisotopic (exact) mass is 538 g/mol. The third-order valence-electron chi connectivity index (χ3n) is 6.34. The molecule has 0 aliphatic rings. The number of ether oxygens (including phenoxy) is 1. The molecule has 39 heavy (non-hydrogen) atoms. The Hall–Kier alpha value is -4.76. The van der Waals surface area contributed by atoms with Crippen molar-refractivity contribution in [3.8, 4) is 22.7 Å². The van der Waals surface area contributed by atoms with Crippen LogP contribution in [-0.4, -0.2) is 39.2 Å². The van der Waals surface area contributed by atoms with Crippen molar-refractivity contribution in [1.82, 2.24) is 14.7 Å². The van der Waals surface area contributed by atoms with Crippen LogP contribution in [0, 0.1) is 10.1 Å². The Labute approximate surface area is 229 Å². The predicted octanol–water partition coefficient (Wildman–Crippen LogP) is 6.40. The number of carbonyl (C=O) groups is 1. The van der Waals surface area contributed by atoms with E-state index in [0.717, 1.165) is 22.5 Å². The number of thiophene rings is 1. The summed E-state index contributed by atoms with van der Waals surface area (Å²) in [5, 5.41) is 18.0. The van der Waals surface area contributed by atoms with Gasteiger partial charge in [-0.25, -0.2) is 4.68 Å². The Morgan fingerprint density at radius 1 is 1.03 bits per heavy atom. The van der Waals surface area contributed by atoms with Crippen LogP contribution in [0.25, 0.3) is 16.9 Å². The van der Waals surface area contributed by atoms with Gasteiger partial charge in [-0.1, -0.05) is 36.4 Å². The fourth-order valence-electron chi connectivity index (χ4n) is 4.32. The van der Waals surface area contributed by atoms with Crippen molar-refractivity contribution < 1.29 is 14.5 Å². The highest BCUT2D eigenvalue weighted by molar-refractivity contribution is 7.09. The lowest BCUT2D eigenvalue weighted by Crippen LogP contribution is -2.32. The minimum Gasteiger partial charge on any atom is -0.497 e. The summed E-state index contributed by atoms with van der Waals surface area (Å²) in [6, 6.07) is 27.3. The van der Waals surface area contributed by atoms with E-state index in [-0.39, 0.29) is 11.6 Å². The van der Waals surface area contributed by atoms with E-state index in [0.29, 0.717) is 30.8 Å². The second-order valence-electron chi connectivity index (χ2n) is 8.88. The Morgan fingerprint density at radius 2 is 1.82 bits per heavy atom. The number of nitro groups is 1. The second kappa shape index (κ2) is 11.7. The van der Waals surface area contributed by atoms with Crippen molar-refractivity contribution in [3.05, 3.63) is 129 Å². The average Bonchev–Trinajstić information content (AvgIpc) is 3.66. The van der Waals surface area contributed by atoms with Crippen molar-refractivity contribution >= 4 is 22.9 Å². The van der Waals surface area contributed by atoms with Crippen LogP contribution in [0.2, 0.25) is 0 Å². The van der Waals surface area contributed by atoms with Gasteiger partial charge in [0.25, 0.3) is 11.6 Å². The van der Waals surface area contributed by atoms with Gasteiger partial charge in [-0.2, -0.15) is 5.10 Å². The van der Waals surface area contributed by atoms with Crippen molar-refractivity contribution in [3.63, 3.8) is 0 Å². The number of nitro benzene ring substituents is 1. The van der Waals surface area contributed by atoms with E-state index in [4.69, 9.17) is 9.84 Å². The zero-order valence-electron chi connectivity index (χ0n) is 21.3. The molecule has 0 radical (unpaired) electrons. The van der Waals surface area contributed by atoms with Crippen molar-refractivity contribution in [2.24, 2.45) is 0 Å². The zero-order valence-corrected chi connectivity index (χ0v) is 22.1. The van der Waals surface area contributed by atoms with Crippen molar-refractivity contribution in [2.75, 3.05) is 13.7 Å². The lowest BCUT2D eigenvalue weighted by Gasteiger charge is -2.23.